The Morgan fingerprint density at radius 2 is 1.96 bits per heavy atom. The van der Waals surface area contributed by atoms with Crippen LogP contribution in [0.3, 0.4) is 0 Å². The second-order valence-electron chi connectivity index (χ2n) is 6.38. The molecule has 0 amide bonds. The van der Waals surface area contributed by atoms with E-state index in [0.29, 0.717) is 0 Å². The third-order valence-electron chi connectivity index (χ3n) is 4.67. The van der Waals surface area contributed by atoms with Crippen molar-refractivity contribution < 1.29 is 0 Å². The van der Waals surface area contributed by atoms with Gasteiger partial charge >= 0.3 is 0 Å². The van der Waals surface area contributed by atoms with Gasteiger partial charge in [-0.05, 0) is 54.3 Å². The third kappa shape index (κ3) is 2.88. The number of nitrogens with zero attached hydrogens (tertiary/aromatic N) is 4. The Bertz CT molecular complexity index is 880. The summed E-state index contributed by atoms with van der Waals surface area (Å²) in [7, 11) is 2.19. The number of halogens is 1. The van der Waals surface area contributed by atoms with Crippen LogP contribution >= 0.6 is 22.6 Å². The number of aryl methyl sites for hydroxylation is 1. The molecule has 6 heteroatoms. The smallest absolute Gasteiger partial charge is 0.157 e. The topological polar surface area (TPSA) is 48.1 Å². The maximum Gasteiger partial charge on any atom is 0.157 e. The summed E-state index contributed by atoms with van der Waals surface area (Å²) in [6, 6.07) is 6.61. The van der Waals surface area contributed by atoms with Crippen molar-refractivity contribution in [3.05, 3.63) is 39.7 Å². The van der Waals surface area contributed by atoms with Gasteiger partial charge in [-0.15, -0.1) is 0 Å². The summed E-state index contributed by atoms with van der Waals surface area (Å²) in [5, 5.41) is 0. The first-order valence-electron chi connectivity index (χ1n) is 8.16. The molecule has 1 saturated heterocycles. The largest absolute Gasteiger partial charge is 0.369 e. The number of nitrogens with one attached hydrogen (secondary N) is 1. The standard InChI is InChI=1S/C18H20IN5/c1-12-9-13(3-4-16(12)24-7-5-23(2)6-8-24)15-11-21-18-17(22-15)14(19)10-20-18/h3-4,9-11H,5-8H2,1-2H3,(H,20,21). The first-order chi connectivity index (χ1) is 11.6. The zero-order valence-corrected chi connectivity index (χ0v) is 16.0. The molecule has 0 saturated carbocycles. The Kier molecular flexibility index (Phi) is 4.17. The predicted molar refractivity (Wildman–Crippen MR) is 106 cm³/mol. The molecule has 0 spiro atoms. The zero-order chi connectivity index (χ0) is 16.7. The van der Waals surface area contributed by atoms with Gasteiger partial charge in [0.1, 0.15) is 5.52 Å². The molecule has 1 aromatic carbocycles. The van der Waals surface area contributed by atoms with E-state index in [1.807, 2.05) is 12.4 Å². The number of hydrogen-bond donors (Lipinski definition) is 1. The Labute approximate surface area is 155 Å². The van der Waals surface area contributed by atoms with E-state index >= 15 is 0 Å². The molecule has 1 fully saturated rings. The summed E-state index contributed by atoms with van der Waals surface area (Å²) in [5.41, 5.74) is 6.45. The van der Waals surface area contributed by atoms with Gasteiger partial charge in [0.05, 0.1) is 15.5 Å². The molecule has 0 atom stereocenters. The molecule has 1 aliphatic rings. The van der Waals surface area contributed by atoms with Crippen molar-refractivity contribution in [1.29, 1.82) is 0 Å². The highest BCUT2D eigenvalue weighted by molar-refractivity contribution is 14.1. The van der Waals surface area contributed by atoms with Gasteiger partial charge < -0.3 is 14.8 Å². The van der Waals surface area contributed by atoms with Crippen molar-refractivity contribution in [1.82, 2.24) is 19.9 Å². The second-order valence-corrected chi connectivity index (χ2v) is 7.54. The van der Waals surface area contributed by atoms with E-state index in [9.17, 15) is 0 Å². The van der Waals surface area contributed by atoms with E-state index in [-0.39, 0.29) is 0 Å². The van der Waals surface area contributed by atoms with Gasteiger partial charge in [-0.3, -0.25) is 0 Å². The van der Waals surface area contributed by atoms with Crippen molar-refractivity contribution in [3.8, 4) is 11.3 Å². The molecule has 124 valence electrons. The molecule has 4 rings (SSSR count). The van der Waals surface area contributed by atoms with Gasteiger partial charge in [-0.1, -0.05) is 6.07 Å². The average Bonchev–Trinajstić information content (AvgIpc) is 2.96. The molecule has 1 N–H and O–H groups in total. The summed E-state index contributed by atoms with van der Waals surface area (Å²) < 4.78 is 1.10. The van der Waals surface area contributed by atoms with Crippen molar-refractivity contribution in [2.45, 2.75) is 6.92 Å². The minimum absolute atomic E-state index is 0.842. The minimum Gasteiger partial charge on any atom is -0.369 e. The Hall–Kier alpha value is -1.67. The van der Waals surface area contributed by atoms with E-state index in [1.165, 1.54) is 11.3 Å². The Morgan fingerprint density at radius 3 is 2.71 bits per heavy atom. The number of likely N-dealkylation sites (N-methyl/N-ethyl adjacent to an activating group) is 1. The number of H-pyrrole nitrogens is 1. The summed E-state index contributed by atoms with van der Waals surface area (Å²) in [6.45, 7) is 6.60. The quantitative estimate of drug-likeness (QED) is 0.631. The molecule has 0 aliphatic carbocycles. The van der Waals surface area contributed by atoms with Crippen molar-refractivity contribution >= 4 is 39.4 Å². The molecule has 1 aliphatic heterocycles. The van der Waals surface area contributed by atoms with Crippen LogP contribution < -0.4 is 4.90 Å². The van der Waals surface area contributed by atoms with Crippen LogP contribution in [-0.4, -0.2) is 53.1 Å². The number of fused-ring (bicyclic) bond motifs is 1. The fraction of sp³-hybridized carbons (Fsp3) is 0.333. The van der Waals surface area contributed by atoms with Gasteiger partial charge in [0.25, 0.3) is 0 Å². The van der Waals surface area contributed by atoms with Crippen LogP contribution in [0.4, 0.5) is 5.69 Å². The van der Waals surface area contributed by atoms with Gasteiger partial charge in [0.2, 0.25) is 0 Å². The summed E-state index contributed by atoms with van der Waals surface area (Å²) in [5.74, 6) is 0. The van der Waals surface area contributed by atoms with Crippen molar-refractivity contribution in [2.75, 3.05) is 38.1 Å². The number of piperazine rings is 1. The van der Waals surface area contributed by atoms with Crippen LogP contribution in [0.2, 0.25) is 0 Å². The lowest BCUT2D eigenvalue weighted by Crippen LogP contribution is -2.44. The molecule has 24 heavy (non-hydrogen) atoms. The fourth-order valence-electron chi connectivity index (χ4n) is 3.22. The molecule has 0 unspecified atom stereocenters. The van der Waals surface area contributed by atoms with Crippen molar-refractivity contribution in [3.63, 3.8) is 0 Å². The molecule has 3 heterocycles. The van der Waals surface area contributed by atoms with E-state index in [4.69, 9.17) is 4.98 Å². The Balaban J connectivity index is 1.66. The number of benzene rings is 1. The van der Waals surface area contributed by atoms with Crippen molar-refractivity contribution in [2.24, 2.45) is 0 Å². The lowest BCUT2D eigenvalue weighted by atomic mass is 10.1. The van der Waals surface area contributed by atoms with E-state index < -0.39 is 0 Å². The number of aromatic nitrogens is 3. The van der Waals surface area contributed by atoms with Gasteiger partial charge in [0.15, 0.2) is 5.65 Å². The molecular formula is C18H20IN5. The fourth-order valence-corrected chi connectivity index (χ4v) is 3.75. The van der Waals surface area contributed by atoms with Crippen LogP contribution in [0.1, 0.15) is 5.56 Å². The average molecular weight is 433 g/mol. The second kappa shape index (κ2) is 6.33. The minimum atomic E-state index is 0.842. The van der Waals surface area contributed by atoms with Gasteiger partial charge in [0, 0.05) is 43.6 Å². The molecule has 2 aromatic heterocycles. The first kappa shape index (κ1) is 15.8. The van der Waals surface area contributed by atoms with E-state index in [2.05, 4.69) is 74.5 Å². The highest BCUT2D eigenvalue weighted by Gasteiger charge is 2.16. The van der Waals surface area contributed by atoms with Crippen LogP contribution in [0.15, 0.2) is 30.6 Å². The highest BCUT2D eigenvalue weighted by Crippen LogP contribution is 2.28. The lowest BCUT2D eigenvalue weighted by Gasteiger charge is -2.35. The van der Waals surface area contributed by atoms with Crippen LogP contribution in [0.5, 0.6) is 0 Å². The maximum absolute atomic E-state index is 4.78. The zero-order valence-electron chi connectivity index (χ0n) is 13.9. The highest BCUT2D eigenvalue weighted by atomic mass is 127. The van der Waals surface area contributed by atoms with Crippen LogP contribution in [0.25, 0.3) is 22.4 Å². The molecular weight excluding hydrogens is 413 g/mol. The summed E-state index contributed by atoms with van der Waals surface area (Å²) in [6.07, 6.45) is 3.79. The normalized spacial score (nSPS) is 16.0. The van der Waals surface area contributed by atoms with E-state index in [1.54, 1.807) is 0 Å². The predicted octanol–water partition coefficient (Wildman–Crippen LogP) is 3.29. The summed E-state index contributed by atoms with van der Waals surface area (Å²) in [4.78, 5) is 17.3. The van der Waals surface area contributed by atoms with E-state index in [0.717, 1.165) is 52.2 Å². The van der Waals surface area contributed by atoms with Gasteiger partial charge in [-0.2, -0.15) is 0 Å². The number of anilines is 1. The maximum atomic E-state index is 4.78. The number of aromatic amines is 1. The van der Waals surface area contributed by atoms with Crippen LogP contribution in [-0.2, 0) is 0 Å². The number of rotatable bonds is 2. The molecule has 0 radical (unpaired) electrons. The summed E-state index contributed by atoms with van der Waals surface area (Å²) >= 11 is 2.29. The SMILES string of the molecule is Cc1cc(-c2cnc3[nH]cc(I)c3n2)ccc1N1CCN(C)CC1. The molecule has 3 aromatic rings. The lowest BCUT2D eigenvalue weighted by molar-refractivity contribution is 0.312. The first-order valence-corrected chi connectivity index (χ1v) is 9.24. The third-order valence-corrected chi connectivity index (χ3v) is 5.49. The van der Waals surface area contributed by atoms with Crippen LogP contribution in [0, 0.1) is 10.5 Å². The Morgan fingerprint density at radius 1 is 1.17 bits per heavy atom. The molecule has 5 nitrogen and oxygen atoms in total. The molecule has 0 bridgehead atoms. The monoisotopic (exact) mass is 433 g/mol. The van der Waals surface area contributed by atoms with Gasteiger partial charge in [-0.25, -0.2) is 9.97 Å². The number of hydrogen-bond acceptors (Lipinski definition) is 4.